The Hall–Kier alpha value is -3.19. The van der Waals surface area contributed by atoms with Gasteiger partial charge in [0.25, 0.3) is 0 Å². The SMILES string of the molecule is Fc1ccc(CNc2nn3cc(-c4ccc5[nH]ccc5c4)nc3s2)cc1. The van der Waals surface area contributed by atoms with Crippen LogP contribution in [0.5, 0.6) is 0 Å². The van der Waals surface area contributed by atoms with Crippen LogP contribution in [0.4, 0.5) is 9.52 Å². The van der Waals surface area contributed by atoms with Crippen molar-refractivity contribution >= 4 is 32.3 Å². The Morgan fingerprint density at radius 2 is 2.00 bits per heavy atom. The summed E-state index contributed by atoms with van der Waals surface area (Å²) in [6.45, 7) is 0.591. The molecule has 0 saturated heterocycles. The Morgan fingerprint density at radius 1 is 1.12 bits per heavy atom. The lowest BCUT2D eigenvalue weighted by molar-refractivity contribution is 0.627. The van der Waals surface area contributed by atoms with Crippen molar-refractivity contribution < 1.29 is 4.39 Å². The molecule has 3 heterocycles. The van der Waals surface area contributed by atoms with Gasteiger partial charge in [-0.05, 0) is 35.9 Å². The van der Waals surface area contributed by atoms with Crippen molar-refractivity contribution in [3.8, 4) is 11.3 Å². The molecule has 0 bridgehead atoms. The van der Waals surface area contributed by atoms with Gasteiger partial charge in [0.05, 0.1) is 11.9 Å². The van der Waals surface area contributed by atoms with Crippen LogP contribution >= 0.6 is 11.3 Å². The lowest BCUT2D eigenvalue weighted by atomic mass is 10.1. The quantitative estimate of drug-likeness (QED) is 0.487. The number of hydrogen-bond donors (Lipinski definition) is 2. The molecule has 0 aliphatic heterocycles. The van der Waals surface area contributed by atoms with Crippen LogP contribution in [0.3, 0.4) is 0 Å². The summed E-state index contributed by atoms with van der Waals surface area (Å²) in [5.41, 5.74) is 4.08. The topological polar surface area (TPSA) is 58.0 Å². The Kier molecular flexibility index (Phi) is 3.46. The molecule has 3 aromatic heterocycles. The van der Waals surface area contributed by atoms with Crippen LogP contribution in [0.1, 0.15) is 5.56 Å². The zero-order valence-corrected chi connectivity index (χ0v) is 14.4. The van der Waals surface area contributed by atoms with E-state index < -0.39 is 0 Å². The van der Waals surface area contributed by atoms with Crippen molar-refractivity contribution in [2.24, 2.45) is 0 Å². The second kappa shape index (κ2) is 5.96. The van der Waals surface area contributed by atoms with Crippen LogP contribution in [0.2, 0.25) is 0 Å². The lowest BCUT2D eigenvalue weighted by Crippen LogP contribution is -1.99. The number of H-pyrrole nitrogens is 1. The number of nitrogens with one attached hydrogen (secondary N) is 2. The minimum absolute atomic E-state index is 0.230. The van der Waals surface area contributed by atoms with Crippen LogP contribution < -0.4 is 5.32 Å². The number of benzene rings is 2. The van der Waals surface area contributed by atoms with Crippen molar-refractivity contribution in [2.75, 3.05) is 5.32 Å². The van der Waals surface area contributed by atoms with Gasteiger partial charge in [0.1, 0.15) is 5.82 Å². The Bertz CT molecular complexity index is 1170. The highest BCUT2D eigenvalue weighted by Crippen LogP contribution is 2.27. The molecule has 5 nitrogen and oxygen atoms in total. The second-order valence-corrected chi connectivity index (χ2v) is 6.98. The normalized spacial score (nSPS) is 11.4. The van der Waals surface area contributed by atoms with Gasteiger partial charge in [-0.2, -0.15) is 0 Å². The number of rotatable bonds is 4. The highest BCUT2D eigenvalue weighted by Gasteiger charge is 2.10. The zero-order valence-electron chi connectivity index (χ0n) is 13.6. The molecule has 5 rings (SSSR count). The van der Waals surface area contributed by atoms with E-state index in [2.05, 4.69) is 38.6 Å². The van der Waals surface area contributed by atoms with Crippen LogP contribution in [0.25, 0.3) is 27.1 Å². The highest BCUT2D eigenvalue weighted by atomic mass is 32.1. The molecule has 26 heavy (non-hydrogen) atoms. The predicted octanol–water partition coefficient (Wildman–Crippen LogP) is 4.69. The van der Waals surface area contributed by atoms with Gasteiger partial charge < -0.3 is 10.3 Å². The fourth-order valence-electron chi connectivity index (χ4n) is 2.90. The predicted molar refractivity (Wildman–Crippen MR) is 102 cm³/mol. The summed E-state index contributed by atoms with van der Waals surface area (Å²) < 4.78 is 14.7. The maximum atomic E-state index is 12.9. The van der Waals surface area contributed by atoms with Crippen molar-refractivity contribution in [1.82, 2.24) is 19.6 Å². The molecule has 0 saturated carbocycles. The van der Waals surface area contributed by atoms with Gasteiger partial charge in [-0.25, -0.2) is 13.9 Å². The number of nitrogens with zero attached hydrogens (tertiary/aromatic N) is 3. The molecule has 7 heteroatoms. The van der Waals surface area contributed by atoms with E-state index in [9.17, 15) is 4.39 Å². The van der Waals surface area contributed by atoms with Crippen LogP contribution in [-0.4, -0.2) is 19.6 Å². The van der Waals surface area contributed by atoms with E-state index in [1.807, 2.05) is 18.5 Å². The van der Waals surface area contributed by atoms with E-state index in [0.717, 1.165) is 37.8 Å². The van der Waals surface area contributed by atoms with E-state index in [-0.39, 0.29) is 5.82 Å². The van der Waals surface area contributed by atoms with Crippen molar-refractivity contribution in [3.63, 3.8) is 0 Å². The molecule has 2 N–H and O–H groups in total. The molecule has 0 aliphatic rings. The van der Waals surface area contributed by atoms with E-state index in [1.54, 1.807) is 16.6 Å². The average Bonchev–Trinajstić information content (AvgIpc) is 3.34. The smallest absolute Gasteiger partial charge is 0.214 e. The molecule has 0 amide bonds. The number of halogens is 1. The third-order valence-electron chi connectivity index (χ3n) is 4.25. The van der Waals surface area contributed by atoms with Gasteiger partial charge in [-0.15, -0.1) is 5.10 Å². The molecule has 128 valence electrons. The van der Waals surface area contributed by atoms with Crippen molar-refractivity contribution in [3.05, 3.63) is 72.3 Å². The molecule has 0 fully saturated rings. The number of imidazole rings is 1. The molecule has 0 unspecified atom stereocenters. The first-order chi connectivity index (χ1) is 12.7. The summed E-state index contributed by atoms with van der Waals surface area (Å²) in [4.78, 5) is 8.70. The summed E-state index contributed by atoms with van der Waals surface area (Å²) in [6, 6.07) is 14.7. The fraction of sp³-hybridized carbons (Fsp3) is 0.0526. The van der Waals surface area contributed by atoms with E-state index in [4.69, 9.17) is 0 Å². The van der Waals surface area contributed by atoms with Gasteiger partial charge in [-0.1, -0.05) is 29.5 Å². The largest absolute Gasteiger partial charge is 0.361 e. The average molecular weight is 363 g/mol. The second-order valence-electron chi connectivity index (χ2n) is 6.02. The van der Waals surface area contributed by atoms with Crippen molar-refractivity contribution in [2.45, 2.75) is 6.54 Å². The molecule has 0 spiro atoms. The van der Waals surface area contributed by atoms with Gasteiger partial charge in [0.2, 0.25) is 10.1 Å². The van der Waals surface area contributed by atoms with Gasteiger partial charge in [-0.3, -0.25) is 0 Å². The molecular formula is C19H14FN5S. The first-order valence-electron chi connectivity index (χ1n) is 8.17. The van der Waals surface area contributed by atoms with Gasteiger partial charge in [0, 0.05) is 29.2 Å². The minimum Gasteiger partial charge on any atom is -0.361 e. The maximum absolute atomic E-state index is 12.9. The number of aromatic amines is 1. The number of fused-ring (bicyclic) bond motifs is 2. The lowest BCUT2D eigenvalue weighted by Gasteiger charge is -2.01. The first-order valence-corrected chi connectivity index (χ1v) is 8.98. The Morgan fingerprint density at radius 3 is 2.85 bits per heavy atom. The number of anilines is 1. The van der Waals surface area contributed by atoms with Gasteiger partial charge >= 0.3 is 0 Å². The Balaban J connectivity index is 1.37. The molecule has 0 atom stereocenters. The monoisotopic (exact) mass is 363 g/mol. The summed E-state index contributed by atoms with van der Waals surface area (Å²) in [5, 5.41) is 9.72. The summed E-state index contributed by atoms with van der Waals surface area (Å²) in [6.07, 6.45) is 3.86. The fourth-order valence-corrected chi connectivity index (χ4v) is 3.68. The van der Waals surface area contributed by atoms with Gasteiger partial charge in [0.15, 0.2) is 0 Å². The number of aromatic nitrogens is 4. The van der Waals surface area contributed by atoms with Crippen LogP contribution in [0, 0.1) is 5.82 Å². The zero-order chi connectivity index (χ0) is 17.5. The summed E-state index contributed by atoms with van der Waals surface area (Å²) in [5.74, 6) is -0.230. The molecular weight excluding hydrogens is 349 g/mol. The molecule has 2 aromatic carbocycles. The maximum Gasteiger partial charge on any atom is 0.214 e. The third kappa shape index (κ3) is 2.72. The molecule has 0 radical (unpaired) electrons. The first kappa shape index (κ1) is 15.1. The van der Waals surface area contributed by atoms with E-state index >= 15 is 0 Å². The summed E-state index contributed by atoms with van der Waals surface area (Å²) in [7, 11) is 0. The third-order valence-corrected chi connectivity index (χ3v) is 5.13. The molecule has 5 aromatic rings. The molecule has 0 aliphatic carbocycles. The van der Waals surface area contributed by atoms with Crippen molar-refractivity contribution in [1.29, 1.82) is 0 Å². The van der Waals surface area contributed by atoms with E-state index in [1.165, 1.54) is 23.5 Å². The standard InChI is InChI=1S/C19H14FN5S/c20-15-4-1-12(2-5-15)10-22-18-24-25-11-17(23-19(25)26-18)13-3-6-16-14(9-13)7-8-21-16/h1-9,11,21H,10H2,(H,22,24). The summed E-state index contributed by atoms with van der Waals surface area (Å²) >= 11 is 1.49. The van der Waals surface area contributed by atoms with Crippen LogP contribution in [0.15, 0.2) is 60.9 Å². The number of hydrogen-bond acceptors (Lipinski definition) is 4. The van der Waals surface area contributed by atoms with Crippen LogP contribution in [-0.2, 0) is 6.54 Å². The minimum atomic E-state index is -0.230. The Labute approximate surface area is 152 Å². The van der Waals surface area contributed by atoms with E-state index in [0.29, 0.717) is 6.54 Å². The highest BCUT2D eigenvalue weighted by molar-refractivity contribution is 7.20.